The van der Waals surface area contributed by atoms with Gasteiger partial charge in [-0.25, -0.2) is 4.79 Å². The molecule has 1 atom stereocenters. The Morgan fingerprint density at radius 2 is 1.67 bits per heavy atom. The molecular weight excluding hydrogens is 346 g/mol. The molecule has 1 amide bonds. The second kappa shape index (κ2) is 9.62. The summed E-state index contributed by atoms with van der Waals surface area (Å²) in [6.45, 7) is 5.92. The van der Waals surface area contributed by atoms with Gasteiger partial charge in [-0.1, -0.05) is 26.0 Å². The van der Waals surface area contributed by atoms with E-state index in [0.29, 0.717) is 29.4 Å². The minimum atomic E-state index is -0.725. The molecule has 2 aromatic rings. The maximum absolute atomic E-state index is 12.4. The van der Waals surface area contributed by atoms with Crippen molar-refractivity contribution in [2.75, 3.05) is 19.0 Å². The molecule has 0 unspecified atom stereocenters. The average molecular weight is 371 g/mol. The van der Waals surface area contributed by atoms with Crippen LogP contribution in [0.2, 0.25) is 0 Å². The molecule has 6 heteroatoms. The van der Waals surface area contributed by atoms with Crippen LogP contribution in [-0.4, -0.2) is 31.7 Å². The third kappa shape index (κ3) is 6.02. The lowest BCUT2D eigenvalue weighted by Gasteiger charge is -2.15. The monoisotopic (exact) mass is 371 g/mol. The van der Waals surface area contributed by atoms with Gasteiger partial charge in [0.1, 0.15) is 11.5 Å². The number of carbonyl (C=O) groups is 2. The molecule has 0 radical (unpaired) electrons. The Balaban J connectivity index is 1.96. The van der Waals surface area contributed by atoms with Crippen LogP contribution in [0.1, 0.15) is 31.1 Å². The van der Waals surface area contributed by atoms with Crippen LogP contribution in [0.4, 0.5) is 5.69 Å². The lowest BCUT2D eigenvalue weighted by Crippen LogP contribution is -2.27. The molecule has 0 aromatic heterocycles. The first-order chi connectivity index (χ1) is 12.9. The van der Waals surface area contributed by atoms with Crippen molar-refractivity contribution >= 4 is 17.6 Å². The molecular formula is C21H25NO5. The summed E-state index contributed by atoms with van der Waals surface area (Å²) >= 11 is 0. The fourth-order valence-corrected chi connectivity index (χ4v) is 2.25. The summed E-state index contributed by atoms with van der Waals surface area (Å²) in [7, 11) is 1.55. The van der Waals surface area contributed by atoms with E-state index >= 15 is 0 Å². The number of benzene rings is 2. The Hall–Kier alpha value is -3.02. The topological polar surface area (TPSA) is 73.9 Å². The van der Waals surface area contributed by atoms with Crippen LogP contribution in [0.3, 0.4) is 0 Å². The molecule has 0 spiro atoms. The fraction of sp³-hybridized carbons (Fsp3) is 0.333. The second-order valence-electron chi connectivity index (χ2n) is 6.46. The quantitative estimate of drug-likeness (QED) is 0.712. The molecule has 1 N–H and O–H groups in total. The number of amides is 1. The SMILES string of the molecule is COc1ccccc1NC(=O)c1ccc(O[C@H](C)C(=O)OCC(C)C)cc1. The predicted octanol–water partition coefficient (Wildman–Crippen LogP) is 3.91. The number of ether oxygens (including phenoxy) is 3. The largest absolute Gasteiger partial charge is 0.495 e. The smallest absolute Gasteiger partial charge is 0.347 e. The van der Waals surface area contributed by atoms with Crippen LogP contribution >= 0.6 is 0 Å². The number of hydrogen-bond acceptors (Lipinski definition) is 5. The van der Waals surface area contributed by atoms with Crippen molar-refractivity contribution in [3.63, 3.8) is 0 Å². The molecule has 6 nitrogen and oxygen atoms in total. The minimum absolute atomic E-state index is 0.266. The molecule has 0 aliphatic rings. The number of methoxy groups -OCH3 is 1. The summed E-state index contributed by atoms with van der Waals surface area (Å²) in [5, 5.41) is 2.80. The molecule has 0 aliphatic carbocycles. The highest BCUT2D eigenvalue weighted by atomic mass is 16.6. The number of anilines is 1. The van der Waals surface area contributed by atoms with Gasteiger partial charge in [0, 0.05) is 5.56 Å². The Labute approximate surface area is 159 Å². The summed E-state index contributed by atoms with van der Waals surface area (Å²) in [5.41, 5.74) is 1.05. The molecule has 0 saturated carbocycles. The van der Waals surface area contributed by atoms with E-state index in [9.17, 15) is 9.59 Å². The Morgan fingerprint density at radius 1 is 1.00 bits per heavy atom. The maximum Gasteiger partial charge on any atom is 0.347 e. The summed E-state index contributed by atoms with van der Waals surface area (Å²) < 4.78 is 15.9. The van der Waals surface area contributed by atoms with E-state index in [0.717, 1.165) is 0 Å². The lowest BCUT2D eigenvalue weighted by atomic mass is 10.2. The van der Waals surface area contributed by atoms with Crippen molar-refractivity contribution in [1.29, 1.82) is 0 Å². The van der Waals surface area contributed by atoms with Crippen LogP contribution in [0, 0.1) is 5.92 Å². The minimum Gasteiger partial charge on any atom is -0.495 e. The van der Waals surface area contributed by atoms with Crippen molar-refractivity contribution < 1.29 is 23.8 Å². The van der Waals surface area contributed by atoms with Gasteiger partial charge in [-0.15, -0.1) is 0 Å². The van der Waals surface area contributed by atoms with Crippen molar-refractivity contribution in [1.82, 2.24) is 0 Å². The molecule has 0 aliphatic heterocycles. The number of carbonyl (C=O) groups excluding carboxylic acids is 2. The van der Waals surface area contributed by atoms with Gasteiger partial charge in [0.15, 0.2) is 6.10 Å². The first-order valence-corrected chi connectivity index (χ1v) is 8.78. The third-order valence-electron chi connectivity index (χ3n) is 3.68. The van der Waals surface area contributed by atoms with Crippen LogP contribution in [0.25, 0.3) is 0 Å². The summed E-state index contributed by atoms with van der Waals surface area (Å²) in [6, 6.07) is 13.7. The molecule has 0 bridgehead atoms. The van der Waals surface area contributed by atoms with E-state index in [1.165, 1.54) is 0 Å². The highest BCUT2D eigenvalue weighted by Crippen LogP contribution is 2.24. The van der Waals surface area contributed by atoms with Crippen LogP contribution < -0.4 is 14.8 Å². The first kappa shape index (κ1) is 20.3. The highest BCUT2D eigenvalue weighted by Gasteiger charge is 2.17. The molecule has 2 aromatic carbocycles. The van der Waals surface area contributed by atoms with Gasteiger partial charge >= 0.3 is 5.97 Å². The Bertz CT molecular complexity index is 770. The summed E-state index contributed by atoms with van der Waals surface area (Å²) in [4.78, 5) is 24.3. The van der Waals surface area contributed by atoms with E-state index in [-0.39, 0.29) is 11.8 Å². The Morgan fingerprint density at radius 3 is 2.30 bits per heavy atom. The van der Waals surface area contributed by atoms with Crippen LogP contribution in [0.15, 0.2) is 48.5 Å². The molecule has 27 heavy (non-hydrogen) atoms. The van der Waals surface area contributed by atoms with Crippen LogP contribution in [-0.2, 0) is 9.53 Å². The standard InChI is InChI=1S/C21H25NO5/c1-14(2)13-26-21(24)15(3)27-17-11-9-16(10-12-17)20(23)22-18-7-5-6-8-19(18)25-4/h5-12,14-15H,13H2,1-4H3,(H,22,23)/t15-/m1/s1. The number of para-hydroxylation sites is 2. The van der Waals surface area contributed by atoms with Gasteiger partial charge in [0.25, 0.3) is 5.91 Å². The lowest BCUT2D eigenvalue weighted by molar-refractivity contribution is -0.152. The predicted molar refractivity (Wildman–Crippen MR) is 103 cm³/mol. The summed E-state index contributed by atoms with van der Waals surface area (Å²) in [6.07, 6.45) is -0.725. The molecule has 0 heterocycles. The highest BCUT2D eigenvalue weighted by molar-refractivity contribution is 6.05. The first-order valence-electron chi connectivity index (χ1n) is 8.78. The van der Waals surface area contributed by atoms with Crippen molar-refractivity contribution in [3.8, 4) is 11.5 Å². The van der Waals surface area contributed by atoms with E-state index in [4.69, 9.17) is 14.2 Å². The average Bonchev–Trinajstić information content (AvgIpc) is 2.66. The van der Waals surface area contributed by atoms with Gasteiger partial charge < -0.3 is 19.5 Å². The maximum atomic E-state index is 12.4. The summed E-state index contributed by atoms with van der Waals surface area (Å²) in [5.74, 6) is 0.650. The van der Waals surface area contributed by atoms with Gasteiger partial charge in [-0.05, 0) is 49.2 Å². The number of nitrogens with one attached hydrogen (secondary N) is 1. The van der Waals surface area contributed by atoms with E-state index in [1.807, 2.05) is 26.0 Å². The fourth-order valence-electron chi connectivity index (χ4n) is 2.25. The number of esters is 1. The zero-order chi connectivity index (χ0) is 19.8. The zero-order valence-corrected chi connectivity index (χ0v) is 16.0. The third-order valence-corrected chi connectivity index (χ3v) is 3.68. The van der Waals surface area contributed by atoms with E-state index in [1.54, 1.807) is 50.4 Å². The van der Waals surface area contributed by atoms with E-state index in [2.05, 4.69) is 5.32 Å². The molecule has 2 rings (SSSR count). The van der Waals surface area contributed by atoms with E-state index < -0.39 is 12.1 Å². The number of hydrogen-bond donors (Lipinski definition) is 1. The van der Waals surface area contributed by atoms with Crippen molar-refractivity contribution in [2.24, 2.45) is 5.92 Å². The van der Waals surface area contributed by atoms with Crippen LogP contribution in [0.5, 0.6) is 11.5 Å². The zero-order valence-electron chi connectivity index (χ0n) is 16.0. The van der Waals surface area contributed by atoms with Gasteiger partial charge in [-0.3, -0.25) is 4.79 Å². The second-order valence-corrected chi connectivity index (χ2v) is 6.46. The Kier molecular flexibility index (Phi) is 7.23. The van der Waals surface area contributed by atoms with Gasteiger partial charge in [-0.2, -0.15) is 0 Å². The van der Waals surface area contributed by atoms with Crippen molar-refractivity contribution in [2.45, 2.75) is 26.9 Å². The molecule has 0 saturated heterocycles. The van der Waals surface area contributed by atoms with Gasteiger partial charge in [0.05, 0.1) is 19.4 Å². The van der Waals surface area contributed by atoms with Gasteiger partial charge in [0.2, 0.25) is 0 Å². The molecule has 144 valence electrons. The molecule has 0 fully saturated rings. The number of rotatable bonds is 8. The normalized spacial score (nSPS) is 11.6. The van der Waals surface area contributed by atoms with Crippen molar-refractivity contribution in [3.05, 3.63) is 54.1 Å².